The molecular formula is C12H17FN4O. The van der Waals surface area contributed by atoms with Gasteiger partial charge in [-0.05, 0) is 30.0 Å². The molecule has 98 valence electrons. The zero-order valence-corrected chi connectivity index (χ0v) is 10.5. The predicted molar refractivity (Wildman–Crippen MR) is 70.0 cm³/mol. The van der Waals surface area contributed by atoms with Crippen LogP contribution in [0, 0.1) is 5.82 Å². The molecule has 1 rings (SSSR count). The Morgan fingerprint density at radius 2 is 2.00 bits per heavy atom. The zero-order chi connectivity index (χ0) is 13.7. The smallest absolute Gasteiger partial charge is 0.348 e. The summed E-state index contributed by atoms with van der Waals surface area (Å²) in [6, 6.07) is 2.46. The Hall–Kier alpha value is -2.11. The standard InChI is InChI=1S/C12H17FN4O/c1-3-7-5-8(4-2)10(9(13)6-7)16-12(18)17-11(14)15/h5-6H,3-4H2,1-2H3,(H5,14,15,16,17,18). The first kappa shape index (κ1) is 14.0. The van der Waals surface area contributed by atoms with Crippen LogP contribution in [0.5, 0.6) is 0 Å². The number of nitrogens with zero attached hydrogens (tertiary/aromatic N) is 1. The van der Waals surface area contributed by atoms with Crippen LogP contribution in [0.4, 0.5) is 14.9 Å². The topological polar surface area (TPSA) is 93.5 Å². The van der Waals surface area contributed by atoms with Crippen molar-refractivity contribution in [2.45, 2.75) is 26.7 Å². The van der Waals surface area contributed by atoms with Gasteiger partial charge in [0.25, 0.3) is 0 Å². The molecule has 0 spiro atoms. The van der Waals surface area contributed by atoms with Gasteiger partial charge < -0.3 is 16.8 Å². The van der Waals surface area contributed by atoms with Crippen LogP contribution in [-0.2, 0) is 12.8 Å². The molecule has 0 fully saturated rings. The Bertz CT molecular complexity index is 481. The van der Waals surface area contributed by atoms with Gasteiger partial charge in [-0.15, -0.1) is 0 Å². The van der Waals surface area contributed by atoms with Gasteiger partial charge in [-0.1, -0.05) is 19.9 Å². The Kier molecular flexibility index (Phi) is 4.65. The lowest BCUT2D eigenvalue weighted by molar-refractivity contribution is 0.259. The van der Waals surface area contributed by atoms with Gasteiger partial charge in [-0.25, -0.2) is 9.18 Å². The Morgan fingerprint density at radius 3 is 2.50 bits per heavy atom. The maximum Gasteiger partial charge on any atom is 0.348 e. The Morgan fingerprint density at radius 1 is 1.33 bits per heavy atom. The molecule has 1 aromatic carbocycles. The van der Waals surface area contributed by atoms with E-state index in [9.17, 15) is 9.18 Å². The van der Waals surface area contributed by atoms with Crippen LogP contribution >= 0.6 is 0 Å². The molecule has 0 saturated carbocycles. The van der Waals surface area contributed by atoms with Crippen molar-refractivity contribution >= 4 is 17.7 Å². The van der Waals surface area contributed by atoms with Crippen molar-refractivity contribution in [1.82, 2.24) is 0 Å². The van der Waals surface area contributed by atoms with E-state index in [0.717, 1.165) is 12.0 Å². The first-order chi connectivity index (χ1) is 8.47. The van der Waals surface area contributed by atoms with Crippen molar-refractivity contribution < 1.29 is 9.18 Å². The van der Waals surface area contributed by atoms with Crippen LogP contribution in [0.1, 0.15) is 25.0 Å². The van der Waals surface area contributed by atoms with Crippen LogP contribution in [0.15, 0.2) is 17.1 Å². The van der Waals surface area contributed by atoms with E-state index in [2.05, 4.69) is 10.3 Å². The lowest BCUT2D eigenvalue weighted by atomic mass is 10.0. The SMILES string of the molecule is CCc1cc(F)c(NC(=O)N=C(N)N)c(CC)c1. The second-order valence-electron chi connectivity index (χ2n) is 3.79. The van der Waals surface area contributed by atoms with Gasteiger partial charge in [-0.2, -0.15) is 4.99 Å². The van der Waals surface area contributed by atoms with Gasteiger partial charge in [0.05, 0.1) is 5.69 Å². The number of hydrogen-bond acceptors (Lipinski definition) is 1. The number of halogens is 1. The number of urea groups is 1. The number of carbonyl (C=O) groups is 1. The van der Waals surface area contributed by atoms with Crippen LogP contribution < -0.4 is 16.8 Å². The van der Waals surface area contributed by atoms with Crippen molar-refractivity contribution in [2.75, 3.05) is 5.32 Å². The third kappa shape index (κ3) is 3.44. The zero-order valence-electron chi connectivity index (χ0n) is 10.5. The molecule has 0 saturated heterocycles. The summed E-state index contributed by atoms with van der Waals surface area (Å²) < 4.78 is 13.9. The first-order valence-corrected chi connectivity index (χ1v) is 5.69. The molecule has 0 aromatic heterocycles. The quantitative estimate of drug-likeness (QED) is 0.565. The molecule has 0 heterocycles. The predicted octanol–water partition coefficient (Wildman–Crippen LogP) is 1.76. The molecule has 0 aliphatic heterocycles. The highest BCUT2D eigenvalue weighted by molar-refractivity contribution is 5.98. The number of nitrogens with one attached hydrogen (secondary N) is 1. The number of benzene rings is 1. The van der Waals surface area contributed by atoms with Crippen LogP contribution in [0.25, 0.3) is 0 Å². The van der Waals surface area contributed by atoms with E-state index < -0.39 is 11.8 Å². The van der Waals surface area contributed by atoms with E-state index in [1.807, 2.05) is 19.9 Å². The van der Waals surface area contributed by atoms with E-state index in [4.69, 9.17) is 11.5 Å². The fraction of sp³-hybridized carbons (Fsp3) is 0.333. The molecule has 5 nitrogen and oxygen atoms in total. The van der Waals surface area contributed by atoms with Crippen molar-refractivity contribution in [3.63, 3.8) is 0 Å². The number of carbonyl (C=O) groups excluding carboxylic acids is 1. The van der Waals surface area contributed by atoms with Crippen molar-refractivity contribution in [3.8, 4) is 0 Å². The third-order valence-electron chi connectivity index (χ3n) is 2.48. The number of aliphatic imine (C=N–C) groups is 1. The average Bonchev–Trinajstić information content (AvgIpc) is 2.30. The number of amides is 2. The molecule has 1 aromatic rings. The fourth-order valence-electron chi connectivity index (χ4n) is 1.60. The van der Waals surface area contributed by atoms with Gasteiger partial charge >= 0.3 is 6.03 Å². The number of rotatable bonds is 3. The molecule has 18 heavy (non-hydrogen) atoms. The lowest BCUT2D eigenvalue weighted by Crippen LogP contribution is -2.25. The number of hydrogen-bond donors (Lipinski definition) is 3. The summed E-state index contributed by atoms with van der Waals surface area (Å²) >= 11 is 0. The maximum absolute atomic E-state index is 13.9. The first-order valence-electron chi connectivity index (χ1n) is 5.69. The highest BCUT2D eigenvalue weighted by atomic mass is 19.1. The summed E-state index contributed by atoms with van der Waals surface area (Å²) in [6.07, 6.45) is 1.33. The van der Waals surface area contributed by atoms with E-state index in [1.54, 1.807) is 0 Å². The van der Waals surface area contributed by atoms with Crippen molar-refractivity contribution in [3.05, 3.63) is 29.1 Å². The highest BCUT2D eigenvalue weighted by Crippen LogP contribution is 2.23. The van der Waals surface area contributed by atoms with Crippen molar-refractivity contribution in [1.29, 1.82) is 0 Å². The van der Waals surface area contributed by atoms with E-state index >= 15 is 0 Å². The number of anilines is 1. The van der Waals surface area contributed by atoms with E-state index in [0.29, 0.717) is 12.0 Å². The maximum atomic E-state index is 13.9. The molecule has 2 amide bonds. The molecule has 6 heteroatoms. The van der Waals surface area contributed by atoms with Gasteiger partial charge in [0.1, 0.15) is 5.82 Å². The lowest BCUT2D eigenvalue weighted by Gasteiger charge is -2.11. The summed E-state index contributed by atoms with van der Waals surface area (Å²) in [7, 11) is 0. The second-order valence-corrected chi connectivity index (χ2v) is 3.79. The number of guanidine groups is 1. The van der Waals surface area contributed by atoms with Gasteiger partial charge in [0.15, 0.2) is 5.96 Å². The molecule has 0 aliphatic carbocycles. The molecule has 0 aliphatic rings. The van der Waals surface area contributed by atoms with Crippen LogP contribution in [-0.4, -0.2) is 12.0 Å². The fourth-order valence-corrected chi connectivity index (χ4v) is 1.60. The van der Waals surface area contributed by atoms with Crippen LogP contribution in [0.2, 0.25) is 0 Å². The van der Waals surface area contributed by atoms with E-state index in [-0.39, 0.29) is 11.6 Å². The van der Waals surface area contributed by atoms with E-state index in [1.165, 1.54) is 6.07 Å². The largest absolute Gasteiger partial charge is 0.370 e. The minimum absolute atomic E-state index is 0.129. The van der Waals surface area contributed by atoms with Gasteiger partial charge in [0.2, 0.25) is 0 Å². The molecule has 0 bridgehead atoms. The normalized spacial score (nSPS) is 9.94. The third-order valence-corrected chi connectivity index (χ3v) is 2.48. The highest BCUT2D eigenvalue weighted by Gasteiger charge is 2.12. The number of nitrogens with two attached hydrogens (primary N) is 2. The molecule has 5 N–H and O–H groups in total. The molecule has 0 atom stereocenters. The minimum Gasteiger partial charge on any atom is -0.370 e. The second kappa shape index (κ2) is 6.00. The molecule has 0 radical (unpaired) electrons. The number of aryl methyl sites for hydroxylation is 2. The summed E-state index contributed by atoms with van der Waals surface area (Å²) in [4.78, 5) is 14.7. The Labute approximate surface area is 105 Å². The molecule has 0 unspecified atom stereocenters. The minimum atomic E-state index is -0.784. The van der Waals surface area contributed by atoms with Gasteiger partial charge in [0, 0.05) is 0 Å². The average molecular weight is 252 g/mol. The van der Waals surface area contributed by atoms with Crippen LogP contribution in [0.3, 0.4) is 0 Å². The Balaban J connectivity index is 3.08. The summed E-state index contributed by atoms with van der Waals surface area (Å²) in [5.74, 6) is -0.846. The van der Waals surface area contributed by atoms with Crippen molar-refractivity contribution in [2.24, 2.45) is 16.5 Å². The van der Waals surface area contributed by atoms with Gasteiger partial charge in [-0.3, -0.25) is 0 Å². The summed E-state index contributed by atoms with van der Waals surface area (Å²) in [5, 5.41) is 2.35. The summed E-state index contributed by atoms with van der Waals surface area (Å²) in [5.41, 5.74) is 11.9. The monoisotopic (exact) mass is 252 g/mol. The molecular weight excluding hydrogens is 235 g/mol. The summed E-state index contributed by atoms with van der Waals surface area (Å²) in [6.45, 7) is 3.82.